The maximum Gasteiger partial charge on any atom is 0.530 e. The SMILES string of the molecule is [2H]c1cccc(OP(Oc2ccccc2)Oc2ccccc2)c1[2H]. The van der Waals surface area contributed by atoms with Gasteiger partial charge in [0.25, 0.3) is 0 Å². The van der Waals surface area contributed by atoms with Crippen molar-refractivity contribution < 1.29 is 16.3 Å². The molecule has 0 saturated carbocycles. The van der Waals surface area contributed by atoms with Gasteiger partial charge in [0.05, 0.1) is 2.74 Å². The van der Waals surface area contributed by atoms with E-state index in [1.807, 2.05) is 36.4 Å². The lowest BCUT2D eigenvalue weighted by Crippen LogP contribution is -2.02. The van der Waals surface area contributed by atoms with Crippen molar-refractivity contribution in [3.63, 3.8) is 0 Å². The van der Waals surface area contributed by atoms with Gasteiger partial charge in [-0.1, -0.05) is 54.6 Å². The maximum absolute atomic E-state index is 7.93. The number of hydrogen-bond acceptors (Lipinski definition) is 3. The quantitative estimate of drug-likeness (QED) is 0.566. The summed E-state index contributed by atoms with van der Waals surface area (Å²) in [5.41, 5.74) is 0. The molecule has 3 rings (SSSR count). The molecule has 4 heteroatoms. The monoisotopic (exact) mass is 312 g/mol. The number of rotatable bonds is 6. The standard InChI is InChI=1S/C18H15O3P/c1-4-10-16(11-5-1)19-22(20-17-12-6-2-7-13-17)21-18-14-8-3-9-15-18/h1-15H/i4D,10D. The van der Waals surface area contributed by atoms with Crippen molar-refractivity contribution >= 4 is 8.60 Å². The minimum Gasteiger partial charge on any atom is -0.409 e. The predicted octanol–water partition coefficient (Wildman–Crippen LogP) is 5.45. The Bertz CT molecular complexity index is 743. The van der Waals surface area contributed by atoms with Gasteiger partial charge in [0.15, 0.2) is 0 Å². The average molecular weight is 312 g/mol. The molecule has 0 aliphatic carbocycles. The molecule has 3 nitrogen and oxygen atoms in total. The van der Waals surface area contributed by atoms with E-state index in [1.165, 1.54) is 6.07 Å². The molecule has 0 unspecified atom stereocenters. The summed E-state index contributed by atoms with van der Waals surface area (Å²) >= 11 is 0. The Kier molecular flexibility index (Phi) is 4.11. The van der Waals surface area contributed by atoms with Gasteiger partial charge >= 0.3 is 8.60 Å². The highest BCUT2D eigenvalue weighted by molar-refractivity contribution is 7.43. The molecule has 0 amide bonds. The largest absolute Gasteiger partial charge is 0.530 e. The van der Waals surface area contributed by atoms with E-state index in [0.717, 1.165) is 0 Å². The van der Waals surface area contributed by atoms with Gasteiger partial charge in [0.2, 0.25) is 0 Å². The average Bonchev–Trinajstić information content (AvgIpc) is 2.61. The molecule has 110 valence electrons. The van der Waals surface area contributed by atoms with Crippen molar-refractivity contribution in [2.75, 3.05) is 0 Å². The summed E-state index contributed by atoms with van der Waals surface area (Å²) in [5, 5.41) is 0. The molecule has 3 aromatic carbocycles. The molecular formula is C18H15O3P. The summed E-state index contributed by atoms with van der Waals surface area (Å²) in [6, 6.07) is 23.3. The van der Waals surface area contributed by atoms with Gasteiger partial charge in [-0.3, -0.25) is 0 Å². The highest BCUT2D eigenvalue weighted by Gasteiger charge is 2.19. The lowest BCUT2D eigenvalue weighted by molar-refractivity contribution is 0.388. The van der Waals surface area contributed by atoms with Gasteiger partial charge in [0, 0.05) is 0 Å². The second-order valence-corrected chi connectivity index (χ2v) is 5.28. The predicted molar refractivity (Wildman–Crippen MR) is 88.1 cm³/mol. The molecule has 0 bridgehead atoms. The molecule has 0 aromatic heterocycles. The van der Waals surface area contributed by atoms with Gasteiger partial charge in [-0.2, -0.15) is 0 Å². The fraction of sp³-hybridized carbons (Fsp3) is 0. The minimum atomic E-state index is -1.82. The van der Waals surface area contributed by atoms with Gasteiger partial charge in [-0.25, -0.2) is 0 Å². The van der Waals surface area contributed by atoms with Crippen LogP contribution in [0.3, 0.4) is 0 Å². The van der Waals surface area contributed by atoms with Gasteiger partial charge in [-0.05, 0) is 36.4 Å². The molecule has 22 heavy (non-hydrogen) atoms. The van der Waals surface area contributed by atoms with Crippen molar-refractivity contribution in [1.82, 2.24) is 0 Å². The minimum absolute atomic E-state index is 0.00155. The Balaban J connectivity index is 1.82. The topological polar surface area (TPSA) is 27.7 Å². The first-order valence-electron chi connectivity index (χ1n) is 7.73. The van der Waals surface area contributed by atoms with Crippen LogP contribution in [-0.4, -0.2) is 0 Å². The third-order valence-electron chi connectivity index (χ3n) is 2.64. The zero-order valence-electron chi connectivity index (χ0n) is 13.7. The molecule has 0 radical (unpaired) electrons. The van der Waals surface area contributed by atoms with E-state index >= 15 is 0 Å². The fourth-order valence-corrected chi connectivity index (χ4v) is 2.63. The molecule has 3 aromatic rings. The van der Waals surface area contributed by atoms with Gasteiger partial charge in [0.1, 0.15) is 17.2 Å². The van der Waals surface area contributed by atoms with E-state index in [0.29, 0.717) is 11.5 Å². The summed E-state index contributed by atoms with van der Waals surface area (Å²) in [4.78, 5) is 0. The molecule has 0 fully saturated rings. The van der Waals surface area contributed by atoms with Gasteiger partial charge < -0.3 is 13.6 Å². The number of hydrogen-bond donors (Lipinski definition) is 0. The Labute approximate surface area is 133 Å². The third-order valence-corrected chi connectivity index (χ3v) is 3.71. The summed E-state index contributed by atoms with van der Waals surface area (Å²) in [5.74, 6) is 1.46. The van der Waals surface area contributed by atoms with E-state index in [1.54, 1.807) is 36.4 Å². The van der Waals surface area contributed by atoms with Crippen LogP contribution in [0.5, 0.6) is 17.2 Å². The van der Waals surface area contributed by atoms with Crippen molar-refractivity contribution in [2.45, 2.75) is 0 Å². The zero-order chi connectivity index (χ0) is 16.8. The molecule has 0 aliphatic rings. The Morgan fingerprint density at radius 1 is 0.591 bits per heavy atom. The Hall–Kier alpha value is -2.51. The summed E-state index contributed by atoms with van der Waals surface area (Å²) in [7, 11) is -1.82. The van der Waals surface area contributed by atoms with Crippen LogP contribution in [0.4, 0.5) is 0 Å². The maximum atomic E-state index is 7.93. The zero-order valence-corrected chi connectivity index (χ0v) is 12.6. The van der Waals surface area contributed by atoms with Gasteiger partial charge in [-0.15, -0.1) is 0 Å². The second kappa shape index (κ2) is 7.48. The lowest BCUT2D eigenvalue weighted by atomic mass is 10.3. The van der Waals surface area contributed by atoms with Crippen molar-refractivity contribution in [1.29, 1.82) is 0 Å². The first-order valence-corrected chi connectivity index (χ1v) is 7.82. The van der Waals surface area contributed by atoms with Crippen LogP contribution in [-0.2, 0) is 0 Å². The first kappa shape index (κ1) is 12.1. The second-order valence-electron chi connectivity index (χ2n) is 4.28. The van der Waals surface area contributed by atoms with E-state index < -0.39 is 8.60 Å². The first-order chi connectivity index (χ1) is 11.7. The van der Waals surface area contributed by atoms with Crippen molar-refractivity contribution in [3.05, 3.63) is 90.9 Å². The molecule has 0 atom stereocenters. The van der Waals surface area contributed by atoms with Crippen molar-refractivity contribution in [2.24, 2.45) is 0 Å². The van der Waals surface area contributed by atoms with Crippen molar-refractivity contribution in [3.8, 4) is 17.2 Å². The summed E-state index contributed by atoms with van der Waals surface area (Å²) in [6.07, 6.45) is 0. The lowest BCUT2D eigenvalue weighted by Gasteiger charge is -2.17. The number of benzene rings is 3. The Morgan fingerprint density at radius 3 is 1.64 bits per heavy atom. The molecule has 0 N–H and O–H groups in total. The highest BCUT2D eigenvalue weighted by atomic mass is 31.2. The van der Waals surface area contributed by atoms with E-state index in [2.05, 4.69) is 0 Å². The van der Waals surface area contributed by atoms with E-state index in [4.69, 9.17) is 16.3 Å². The normalized spacial score (nSPS) is 11.5. The highest BCUT2D eigenvalue weighted by Crippen LogP contribution is 2.41. The van der Waals surface area contributed by atoms with E-state index in [9.17, 15) is 0 Å². The van der Waals surface area contributed by atoms with Crippen LogP contribution in [0.1, 0.15) is 2.74 Å². The third kappa shape index (κ3) is 4.24. The fourth-order valence-electron chi connectivity index (χ4n) is 1.66. The van der Waals surface area contributed by atoms with Crippen LogP contribution in [0.25, 0.3) is 0 Å². The number of para-hydroxylation sites is 3. The molecule has 0 aliphatic heterocycles. The van der Waals surface area contributed by atoms with Crippen LogP contribution < -0.4 is 13.6 Å². The molecular weight excluding hydrogens is 295 g/mol. The smallest absolute Gasteiger partial charge is 0.409 e. The summed E-state index contributed by atoms with van der Waals surface area (Å²) in [6.45, 7) is 0. The Morgan fingerprint density at radius 2 is 1.05 bits per heavy atom. The van der Waals surface area contributed by atoms with Crippen LogP contribution in [0.15, 0.2) is 90.9 Å². The molecule has 0 heterocycles. The summed E-state index contributed by atoms with van der Waals surface area (Å²) < 4.78 is 33.0. The molecule has 0 spiro atoms. The van der Waals surface area contributed by atoms with Crippen LogP contribution in [0, 0.1) is 0 Å². The van der Waals surface area contributed by atoms with Crippen LogP contribution in [0.2, 0.25) is 0 Å². The molecule has 0 saturated heterocycles. The van der Waals surface area contributed by atoms with E-state index in [-0.39, 0.29) is 17.8 Å². The van der Waals surface area contributed by atoms with Crippen LogP contribution >= 0.6 is 8.60 Å².